The van der Waals surface area contributed by atoms with Crippen molar-refractivity contribution in [3.05, 3.63) is 23.8 Å². The summed E-state index contributed by atoms with van der Waals surface area (Å²) in [6.07, 6.45) is 1.12. The van der Waals surface area contributed by atoms with Crippen LogP contribution >= 0.6 is 0 Å². The Labute approximate surface area is 118 Å². The monoisotopic (exact) mass is 279 g/mol. The predicted octanol–water partition coefficient (Wildman–Crippen LogP) is 2.28. The van der Waals surface area contributed by atoms with Crippen LogP contribution in [0, 0.1) is 0 Å². The fourth-order valence-electron chi connectivity index (χ4n) is 2.56. The van der Waals surface area contributed by atoms with Crippen LogP contribution in [0.15, 0.2) is 18.2 Å². The summed E-state index contributed by atoms with van der Waals surface area (Å²) in [7, 11) is 0. The maximum atomic E-state index is 11.6. The Morgan fingerprint density at radius 2 is 2.20 bits per heavy atom. The van der Waals surface area contributed by atoms with Crippen molar-refractivity contribution in [2.45, 2.75) is 44.8 Å². The molecule has 3 N–H and O–H groups in total. The largest absolute Gasteiger partial charge is 0.493 e. The van der Waals surface area contributed by atoms with Crippen LogP contribution in [0.2, 0.25) is 0 Å². The van der Waals surface area contributed by atoms with Crippen molar-refractivity contribution in [1.82, 2.24) is 0 Å². The summed E-state index contributed by atoms with van der Waals surface area (Å²) in [5, 5.41) is 9.48. The summed E-state index contributed by atoms with van der Waals surface area (Å²) in [5.41, 5.74) is 4.55. The zero-order valence-corrected chi connectivity index (χ0v) is 12.1. The molecule has 1 atom stereocenters. The third kappa shape index (κ3) is 2.58. The first kappa shape index (κ1) is 14.7. The van der Waals surface area contributed by atoms with Crippen LogP contribution < -0.4 is 15.2 Å². The molecular weight excluding hydrogens is 258 g/mol. The minimum absolute atomic E-state index is 0.220. The topological polar surface area (TPSA) is 81.8 Å². The fourth-order valence-corrected chi connectivity index (χ4v) is 2.56. The standard InChI is InChI=1S/C15H21NO4/c1-4-7-19-10-5-6-11-12(8-10)20-14(2,3)9-15(11,16)13(17)18/h5-6,8H,4,7,9,16H2,1-3H3,(H,17,18). The van der Waals surface area contributed by atoms with Crippen molar-refractivity contribution in [3.8, 4) is 11.5 Å². The molecule has 0 spiro atoms. The smallest absolute Gasteiger partial charge is 0.328 e. The van der Waals surface area contributed by atoms with Gasteiger partial charge in [-0.3, -0.25) is 0 Å². The minimum atomic E-state index is -1.43. The molecule has 110 valence electrons. The second kappa shape index (κ2) is 4.98. The molecule has 1 aromatic carbocycles. The van der Waals surface area contributed by atoms with Gasteiger partial charge in [0.25, 0.3) is 0 Å². The van der Waals surface area contributed by atoms with Gasteiger partial charge in [0.1, 0.15) is 22.6 Å². The first-order valence-corrected chi connectivity index (χ1v) is 6.77. The summed E-state index contributed by atoms with van der Waals surface area (Å²) >= 11 is 0. The van der Waals surface area contributed by atoms with Crippen molar-refractivity contribution in [2.24, 2.45) is 5.73 Å². The minimum Gasteiger partial charge on any atom is -0.493 e. The molecule has 1 unspecified atom stereocenters. The average molecular weight is 279 g/mol. The van der Waals surface area contributed by atoms with Crippen LogP contribution in [-0.2, 0) is 10.3 Å². The number of ether oxygens (including phenoxy) is 2. The molecule has 1 aliphatic rings. The van der Waals surface area contributed by atoms with Crippen LogP contribution in [0.3, 0.4) is 0 Å². The molecule has 0 amide bonds. The molecule has 20 heavy (non-hydrogen) atoms. The van der Waals surface area contributed by atoms with Crippen molar-refractivity contribution < 1.29 is 19.4 Å². The molecule has 0 aliphatic carbocycles. The number of aliphatic carboxylic acids is 1. The maximum Gasteiger partial charge on any atom is 0.328 e. The van der Waals surface area contributed by atoms with Gasteiger partial charge in [0.15, 0.2) is 0 Å². The van der Waals surface area contributed by atoms with Gasteiger partial charge >= 0.3 is 5.97 Å². The zero-order valence-electron chi connectivity index (χ0n) is 12.1. The van der Waals surface area contributed by atoms with Crippen molar-refractivity contribution in [3.63, 3.8) is 0 Å². The Kier molecular flexibility index (Phi) is 3.65. The summed E-state index contributed by atoms with van der Waals surface area (Å²) in [4.78, 5) is 11.6. The Balaban J connectivity index is 2.45. The molecule has 5 nitrogen and oxygen atoms in total. The molecule has 0 fully saturated rings. The number of carboxylic acids is 1. The summed E-state index contributed by atoms with van der Waals surface area (Å²) in [6, 6.07) is 5.14. The Hall–Kier alpha value is -1.75. The van der Waals surface area contributed by atoms with Crippen molar-refractivity contribution in [2.75, 3.05) is 6.61 Å². The van der Waals surface area contributed by atoms with Crippen molar-refractivity contribution >= 4 is 5.97 Å². The highest BCUT2D eigenvalue weighted by Gasteiger charge is 2.48. The zero-order chi connectivity index (χ0) is 15.0. The van der Waals surface area contributed by atoms with Gasteiger partial charge in [-0.05, 0) is 32.4 Å². The third-order valence-corrected chi connectivity index (χ3v) is 3.38. The van der Waals surface area contributed by atoms with Crippen LogP contribution in [0.4, 0.5) is 0 Å². The SMILES string of the molecule is CCCOc1ccc2c(c1)OC(C)(C)CC2(N)C(=O)O. The second-order valence-corrected chi connectivity index (χ2v) is 5.82. The molecular formula is C15H21NO4. The van der Waals surface area contributed by atoms with Gasteiger partial charge in [0, 0.05) is 18.1 Å². The molecule has 0 saturated heterocycles. The van der Waals surface area contributed by atoms with Crippen LogP contribution in [0.1, 0.15) is 39.2 Å². The van der Waals surface area contributed by atoms with E-state index in [1.807, 2.05) is 20.8 Å². The lowest BCUT2D eigenvalue weighted by Gasteiger charge is -2.41. The summed E-state index contributed by atoms with van der Waals surface area (Å²) in [5.74, 6) is 0.105. The molecule has 1 aliphatic heterocycles. The van der Waals surface area contributed by atoms with E-state index in [1.54, 1.807) is 18.2 Å². The maximum absolute atomic E-state index is 11.6. The lowest BCUT2D eigenvalue weighted by atomic mass is 9.78. The van der Waals surface area contributed by atoms with Gasteiger partial charge in [-0.15, -0.1) is 0 Å². The Morgan fingerprint density at radius 1 is 1.50 bits per heavy atom. The van der Waals surface area contributed by atoms with E-state index in [2.05, 4.69) is 0 Å². The van der Waals surface area contributed by atoms with E-state index in [-0.39, 0.29) is 6.42 Å². The van der Waals surface area contributed by atoms with Gasteiger partial charge in [0.05, 0.1) is 6.61 Å². The van der Waals surface area contributed by atoms with Gasteiger partial charge in [0.2, 0.25) is 0 Å². The van der Waals surface area contributed by atoms with E-state index in [4.69, 9.17) is 15.2 Å². The second-order valence-electron chi connectivity index (χ2n) is 5.82. The number of nitrogens with two attached hydrogens (primary N) is 1. The van der Waals surface area contributed by atoms with Crippen LogP contribution in [0.5, 0.6) is 11.5 Å². The summed E-state index contributed by atoms with van der Waals surface area (Å²) < 4.78 is 11.4. The number of hydrogen-bond acceptors (Lipinski definition) is 4. The van der Waals surface area contributed by atoms with Gasteiger partial charge in [-0.1, -0.05) is 6.92 Å². The van der Waals surface area contributed by atoms with E-state index in [0.717, 1.165) is 6.42 Å². The molecule has 0 saturated carbocycles. The molecule has 1 aromatic rings. The fraction of sp³-hybridized carbons (Fsp3) is 0.533. The number of fused-ring (bicyclic) bond motifs is 1. The predicted molar refractivity (Wildman–Crippen MR) is 75.1 cm³/mol. The van der Waals surface area contributed by atoms with Crippen molar-refractivity contribution in [1.29, 1.82) is 0 Å². The Bertz CT molecular complexity index is 527. The molecule has 2 rings (SSSR count). The number of carbonyl (C=O) groups is 1. The lowest BCUT2D eigenvalue weighted by Crippen LogP contribution is -2.54. The lowest BCUT2D eigenvalue weighted by molar-refractivity contribution is -0.147. The van der Waals surface area contributed by atoms with Crippen LogP contribution in [-0.4, -0.2) is 23.3 Å². The number of hydrogen-bond donors (Lipinski definition) is 2. The molecule has 0 bridgehead atoms. The third-order valence-electron chi connectivity index (χ3n) is 3.38. The number of carboxylic acid groups (broad SMARTS) is 1. The highest BCUT2D eigenvalue weighted by Crippen LogP contribution is 2.43. The van der Waals surface area contributed by atoms with E-state index in [0.29, 0.717) is 23.7 Å². The quantitative estimate of drug-likeness (QED) is 0.883. The highest BCUT2D eigenvalue weighted by molar-refractivity contribution is 5.82. The van der Waals surface area contributed by atoms with Crippen LogP contribution in [0.25, 0.3) is 0 Å². The Morgan fingerprint density at radius 3 is 2.80 bits per heavy atom. The first-order valence-electron chi connectivity index (χ1n) is 6.77. The normalized spacial score (nSPS) is 23.6. The summed E-state index contributed by atoms with van der Waals surface area (Å²) in [6.45, 7) is 6.29. The molecule has 5 heteroatoms. The van der Waals surface area contributed by atoms with Gasteiger partial charge in [-0.25, -0.2) is 4.79 Å². The van der Waals surface area contributed by atoms with Gasteiger partial charge in [-0.2, -0.15) is 0 Å². The van der Waals surface area contributed by atoms with E-state index < -0.39 is 17.1 Å². The van der Waals surface area contributed by atoms with Gasteiger partial charge < -0.3 is 20.3 Å². The molecule has 0 radical (unpaired) electrons. The molecule has 1 heterocycles. The van der Waals surface area contributed by atoms with E-state index >= 15 is 0 Å². The number of benzene rings is 1. The first-order chi connectivity index (χ1) is 9.28. The van der Waals surface area contributed by atoms with E-state index in [1.165, 1.54) is 0 Å². The number of rotatable bonds is 4. The average Bonchev–Trinajstić information content (AvgIpc) is 2.34. The molecule has 0 aromatic heterocycles. The van der Waals surface area contributed by atoms with E-state index in [9.17, 15) is 9.90 Å². The highest BCUT2D eigenvalue weighted by atomic mass is 16.5.